The molecule has 0 radical (unpaired) electrons. The lowest BCUT2D eigenvalue weighted by molar-refractivity contribution is -0.142. The summed E-state index contributed by atoms with van der Waals surface area (Å²) in [6.07, 6.45) is 5.85. The summed E-state index contributed by atoms with van der Waals surface area (Å²) in [7, 11) is 1.78. The first-order valence-electron chi connectivity index (χ1n) is 11.9. The van der Waals surface area contributed by atoms with Crippen LogP contribution < -0.4 is 10.6 Å². The van der Waals surface area contributed by atoms with Gasteiger partial charge in [-0.3, -0.25) is 14.6 Å². The van der Waals surface area contributed by atoms with Crippen LogP contribution in [0.3, 0.4) is 0 Å². The second-order valence-corrected chi connectivity index (χ2v) is 8.89. The van der Waals surface area contributed by atoms with Crippen LogP contribution in [0.15, 0.2) is 29.3 Å². The molecule has 2 amide bonds. The molecule has 2 saturated heterocycles. The second kappa shape index (κ2) is 10.8. The van der Waals surface area contributed by atoms with Gasteiger partial charge in [0.15, 0.2) is 5.96 Å². The summed E-state index contributed by atoms with van der Waals surface area (Å²) in [6, 6.07) is 7.98. The third kappa shape index (κ3) is 5.59. The largest absolute Gasteiger partial charge is 0.368 e. The van der Waals surface area contributed by atoms with Crippen LogP contribution in [-0.2, 0) is 20.9 Å². The number of carbonyl (C=O) groups is 2. The molecule has 2 aliphatic heterocycles. The number of nitrogens with one attached hydrogen (secondary N) is 2. The van der Waals surface area contributed by atoms with Crippen molar-refractivity contribution >= 4 is 23.5 Å². The molecule has 1 aliphatic carbocycles. The van der Waals surface area contributed by atoms with Crippen LogP contribution in [0.5, 0.6) is 0 Å². The van der Waals surface area contributed by atoms with Crippen molar-refractivity contribution in [2.75, 3.05) is 45.2 Å². The fraction of sp³-hybridized carbons (Fsp3) is 0.625. The van der Waals surface area contributed by atoms with Gasteiger partial charge in [-0.25, -0.2) is 0 Å². The molecule has 8 nitrogen and oxygen atoms in total. The van der Waals surface area contributed by atoms with Crippen LogP contribution in [-0.4, -0.2) is 73.5 Å². The van der Waals surface area contributed by atoms with Crippen molar-refractivity contribution in [1.29, 1.82) is 0 Å². The van der Waals surface area contributed by atoms with Gasteiger partial charge in [0.25, 0.3) is 5.91 Å². The summed E-state index contributed by atoms with van der Waals surface area (Å²) in [4.78, 5) is 33.5. The Balaban J connectivity index is 1.25. The number of hydrogen-bond donors (Lipinski definition) is 2. The second-order valence-electron chi connectivity index (χ2n) is 8.89. The van der Waals surface area contributed by atoms with Gasteiger partial charge in [0.05, 0.1) is 0 Å². The molecule has 2 heterocycles. The maximum atomic E-state index is 12.6. The summed E-state index contributed by atoms with van der Waals surface area (Å²) in [6.45, 7) is 4.17. The Morgan fingerprint density at radius 3 is 2.50 bits per heavy atom. The van der Waals surface area contributed by atoms with Gasteiger partial charge in [0.1, 0.15) is 6.10 Å². The van der Waals surface area contributed by atoms with E-state index in [1.165, 1.54) is 0 Å². The van der Waals surface area contributed by atoms with Crippen molar-refractivity contribution < 1.29 is 14.3 Å². The first-order chi connectivity index (χ1) is 15.6. The lowest BCUT2D eigenvalue weighted by atomic mass is 10.1. The predicted molar refractivity (Wildman–Crippen MR) is 124 cm³/mol. The molecule has 1 aromatic carbocycles. The van der Waals surface area contributed by atoms with Crippen LogP contribution in [0.25, 0.3) is 0 Å². The van der Waals surface area contributed by atoms with Gasteiger partial charge in [-0.05, 0) is 43.4 Å². The average Bonchev–Trinajstić information content (AvgIpc) is 3.54. The fourth-order valence-electron chi connectivity index (χ4n) is 4.82. The molecular weight excluding hydrogens is 406 g/mol. The third-order valence-electron chi connectivity index (χ3n) is 6.68. The Morgan fingerprint density at radius 2 is 1.81 bits per heavy atom. The minimum atomic E-state index is -0.250. The van der Waals surface area contributed by atoms with Crippen LogP contribution in [0, 0.1) is 5.92 Å². The van der Waals surface area contributed by atoms with Crippen molar-refractivity contribution in [3.63, 3.8) is 0 Å². The Morgan fingerprint density at radius 1 is 1.06 bits per heavy atom. The van der Waals surface area contributed by atoms with E-state index in [1.807, 2.05) is 29.2 Å². The molecule has 8 heteroatoms. The van der Waals surface area contributed by atoms with Crippen LogP contribution in [0.1, 0.15) is 44.1 Å². The van der Waals surface area contributed by atoms with E-state index >= 15 is 0 Å². The third-order valence-corrected chi connectivity index (χ3v) is 6.68. The van der Waals surface area contributed by atoms with Crippen molar-refractivity contribution in [1.82, 2.24) is 15.1 Å². The first-order valence-corrected chi connectivity index (χ1v) is 11.9. The van der Waals surface area contributed by atoms with Gasteiger partial charge >= 0.3 is 0 Å². The van der Waals surface area contributed by atoms with E-state index in [4.69, 9.17) is 4.74 Å². The number of amides is 2. The Bertz CT molecular complexity index is 823. The molecule has 32 heavy (non-hydrogen) atoms. The number of benzene rings is 1. The van der Waals surface area contributed by atoms with Crippen molar-refractivity contribution in [2.45, 2.75) is 51.2 Å². The quantitative estimate of drug-likeness (QED) is 0.541. The number of anilines is 1. The standard InChI is InChI=1S/C24H35N5O3/c1-25-24(29-13-11-28(12-14-29)23(31)21-10-5-15-32-21)26-17-18-6-4-9-20(16-18)27-22(30)19-7-2-3-8-19/h4,6,9,16,19,21H,2-3,5,7-8,10-15,17H2,1H3,(H,25,26)(H,27,30). The van der Waals surface area contributed by atoms with Gasteiger partial charge < -0.3 is 25.2 Å². The zero-order valence-corrected chi connectivity index (χ0v) is 19.0. The highest BCUT2D eigenvalue weighted by atomic mass is 16.5. The number of carbonyl (C=O) groups excluding carboxylic acids is 2. The van der Waals surface area contributed by atoms with Gasteiger partial charge in [0.2, 0.25) is 5.91 Å². The molecule has 3 fully saturated rings. The predicted octanol–water partition coefficient (Wildman–Crippen LogP) is 2.21. The maximum Gasteiger partial charge on any atom is 0.251 e. The molecule has 1 aromatic rings. The van der Waals surface area contributed by atoms with E-state index in [0.29, 0.717) is 26.2 Å². The zero-order chi connectivity index (χ0) is 22.3. The number of hydrogen-bond acceptors (Lipinski definition) is 4. The van der Waals surface area contributed by atoms with E-state index in [0.717, 1.165) is 68.8 Å². The van der Waals surface area contributed by atoms with Crippen molar-refractivity contribution in [3.05, 3.63) is 29.8 Å². The van der Waals surface area contributed by atoms with Crippen molar-refractivity contribution in [2.24, 2.45) is 10.9 Å². The average molecular weight is 442 g/mol. The molecule has 0 bridgehead atoms. The van der Waals surface area contributed by atoms with Gasteiger partial charge in [-0.2, -0.15) is 0 Å². The van der Waals surface area contributed by atoms with E-state index in [-0.39, 0.29) is 23.8 Å². The Labute approximate surface area is 190 Å². The van der Waals surface area contributed by atoms with E-state index in [2.05, 4.69) is 20.5 Å². The number of nitrogens with zero attached hydrogens (tertiary/aromatic N) is 3. The highest BCUT2D eigenvalue weighted by molar-refractivity contribution is 5.92. The van der Waals surface area contributed by atoms with Crippen LogP contribution >= 0.6 is 0 Å². The summed E-state index contributed by atoms with van der Waals surface area (Å²) >= 11 is 0. The summed E-state index contributed by atoms with van der Waals surface area (Å²) in [5.41, 5.74) is 1.93. The number of guanidine groups is 1. The molecule has 3 aliphatic rings. The molecule has 174 valence electrons. The van der Waals surface area contributed by atoms with Crippen LogP contribution in [0.4, 0.5) is 5.69 Å². The van der Waals surface area contributed by atoms with E-state index in [9.17, 15) is 9.59 Å². The molecule has 0 spiro atoms. The summed E-state index contributed by atoms with van der Waals surface area (Å²) < 4.78 is 5.55. The van der Waals surface area contributed by atoms with Gasteiger partial charge in [-0.15, -0.1) is 0 Å². The Kier molecular flexibility index (Phi) is 7.63. The highest BCUT2D eigenvalue weighted by Gasteiger charge is 2.31. The molecule has 1 saturated carbocycles. The van der Waals surface area contributed by atoms with Crippen molar-refractivity contribution in [3.8, 4) is 0 Å². The summed E-state index contributed by atoms with van der Waals surface area (Å²) in [5, 5.41) is 6.50. The first kappa shape index (κ1) is 22.6. The number of ether oxygens (including phenoxy) is 1. The lowest BCUT2D eigenvalue weighted by Crippen LogP contribution is -2.55. The molecule has 1 unspecified atom stereocenters. The molecule has 4 rings (SSSR count). The van der Waals surface area contributed by atoms with Gasteiger partial charge in [-0.1, -0.05) is 25.0 Å². The molecular formula is C24H35N5O3. The summed E-state index contributed by atoms with van der Waals surface area (Å²) in [5.74, 6) is 1.25. The lowest BCUT2D eigenvalue weighted by Gasteiger charge is -2.37. The minimum Gasteiger partial charge on any atom is -0.368 e. The minimum absolute atomic E-state index is 0.126. The normalized spacial score (nSPS) is 22.3. The fourth-order valence-corrected chi connectivity index (χ4v) is 4.82. The van der Waals surface area contributed by atoms with Crippen LogP contribution in [0.2, 0.25) is 0 Å². The molecule has 2 N–H and O–H groups in total. The zero-order valence-electron chi connectivity index (χ0n) is 19.0. The Hall–Kier alpha value is -2.61. The highest BCUT2D eigenvalue weighted by Crippen LogP contribution is 2.26. The number of piperazine rings is 1. The maximum absolute atomic E-state index is 12.6. The van der Waals surface area contributed by atoms with E-state index < -0.39 is 0 Å². The van der Waals surface area contributed by atoms with Gasteiger partial charge in [0, 0.05) is 58.0 Å². The van der Waals surface area contributed by atoms with E-state index in [1.54, 1.807) is 7.05 Å². The monoisotopic (exact) mass is 441 g/mol. The SMILES string of the molecule is CN=C(NCc1cccc(NC(=O)C2CCCC2)c1)N1CCN(C(=O)C2CCCO2)CC1. The number of aliphatic imine (C=N–C) groups is 1. The topological polar surface area (TPSA) is 86.3 Å². The number of rotatable bonds is 5. The molecule has 1 atom stereocenters. The smallest absolute Gasteiger partial charge is 0.251 e. The molecule has 0 aromatic heterocycles.